The maximum atomic E-state index is 12.3. The fourth-order valence-electron chi connectivity index (χ4n) is 1.85. The van der Waals surface area contributed by atoms with Crippen molar-refractivity contribution in [1.82, 2.24) is 10.2 Å². The summed E-state index contributed by atoms with van der Waals surface area (Å²) in [5.74, 6) is -2.08. The molecule has 0 radical (unpaired) electrons. The molecule has 24 heavy (non-hydrogen) atoms. The first kappa shape index (κ1) is 18.0. The van der Waals surface area contributed by atoms with E-state index in [1.54, 1.807) is 18.2 Å². The lowest BCUT2D eigenvalue weighted by atomic mass is 10.2. The van der Waals surface area contributed by atoms with E-state index >= 15 is 0 Å². The Kier molecular flexibility index (Phi) is 5.58. The molecule has 0 aromatic heterocycles. The number of nitrogens with zero attached hydrogens (tertiary/aromatic N) is 1. The molecule has 2 amide bonds. The first-order chi connectivity index (χ1) is 11.3. The van der Waals surface area contributed by atoms with Crippen molar-refractivity contribution in [2.24, 2.45) is 0 Å². The van der Waals surface area contributed by atoms with Crippen LogP contribution in [0.25, 0.3) is 6.08 Å². The van der Waals surface area contributed by atoms with Gasteiger partial charge in [-0.3, -0.25) is 19.3 Å². The monoisotopic (exact) mass is 366 g/mol. The van der Waals surface area contributed by atoms with Crippen LogP contribution in [0.15, 0.2) is 29.2 Å². The second-order valence-corrected chi connectivity index (χ2v) is 6.66. The van der Waals surface area contributed by atoms with E-state index in [4.69, 9.17) is 17.3 Å². The highest BCUT2D eigenvalue weighted by Gasteiger charge is 2.33. The molecule has 9 heteroatoms. The maximum Gasteiger partial charge on any atom is 0.325 e. The van der Waals surface area contributed by atoms with Gasteiger partial charge in [0, 0.05) is 0 Å². The van der Waals surface area contributed by atoms with E-state index in [-0.39, 0.29) is 16.6 Å². The molecule has 1 aromatic rings. The zero-order valence-corrected chi connectivity index (χ0v) is 14.2. The molecule has 2 rings (SSSR count). The molecule has 0 saturated carbocycles. The largest absolute Gasteiger partial charge is 0.508 e. The fraction of sp³-hybridized carbons (Fsp3) is 0.200. The number of benzene rings is 1. The first-order valence-electron chi connectivity index (χ1n) is 6.84. The van der Waals surface area contributed by atoms with Crippen LogP contribution >= 0.6 is 24.0 Å². The topological polar surface area (TPSA) is 107 Å². The highest BCUT2D eigenvalue weighted by molar-refractivity contribution is 8.26. The molecule has 0 aliphatic carbocycles. The summed E-state index contributed by atoms with van der Waals surface area (Å²) in [6.45, 7) is 0.991. The number of aliphatic carboxylic acids is 1. The molecule has 1 saturated heterocycles. The summed E-state index contributed by atoms with van der Waals surface area (Å²) in [7, 11) is 0. The van der Waals surface area contributed by atoms with E-state index < -0.39 is 23.8 Å². The van der Waals surface area contributed by atoms with Gasteiger partial charge in [0.25, 0.3) is 5.91 Å². The summed E-state index contributed by atoms with van der Waals surface area (Å²) in [6.07, 6.45) is 1.61. The number of thiocarbonyl (C=S) groups is 1. The third kappa shape index (κ3) is 4.33. The number of carbonyl (C=O) groups is 3. The highest BCUT2D eigenvalue weighted by atomic mass is 32.2. The van der Waals surface area contributed by atoms with Crippen LogP contribution in [0.4, 0.5) is 0 Å². The summed E-state index contributed by atoms with van der Waals surface area (Å²) in [5.41, 5.74) is 0.706. The van der Waals surface area contributed by atoms with Gasteiger partial charge in [0.05, 0.1) is 4.91 Å². The number of phenols is 1. The van der Waals surface area contributed by atoms with E-state index in [2.05, 4.69) is 5.32 Å². The molecular weight excluding hydrogens is 352 g/mol. The molecule has 7 nitrogen and oxygen atoms in total. The third-order valence-electron chi connectivity index (χ3n) is 3.11. The van der Waals surface area contributed by atoms with Gasteiger partial charge in [-0.15, -0.1) is 0 Å². The predicted octanol–water partition coefficient (Wildman–Crippen LogP) is 1.18. The van der Waals surface area contributed by atoms with Gasteiger partial charge in [-0.25, -0.2) is 0 Å². The Morgan fingerprint density at radius 2 is 2.00 bits per heavy atom. The van der Waals surface area contributed by atoms with Gasteiger partial charge >= 0.3 is 5.97 Å². The predicted molar refractivity (Wildman–Crippen MR) is 93.2 cm³/mol. The van der Waals surface area contributed by atoms with Crippen molar-refractivity contribution in [2.45, 2.75) is 13.0 Å². The quantitative estimate of drug-likeness (QED) is 0.531. The van der Waals surface area contributed by atoms with Crippen LogP contribution in [0.5, 0.6) is 5.75 Å². The number of nitrogens with one attached hydrogen (secondary N) is 1. The van der Waals surface area contributed by atoms with Gasteiger partial charge in [0.2, 0.25) is 5.91 Å². The average Bonchev–Trinajstić information content (AvgIpc) is 2.77. The fourth-order valence-corrected chi connectivity index (χ4v) is 3.11. The molecule has 126 valence electrons. The van der Waals surface area contributed by atoms with E-state index in [0.717, 1.165) is 16.7 Å². The van der Waals surface area contributed by atoms with Crippen molar-refractivity contribution in [3.63, 3.8) is 0 Å². The van der Waals surface area contributed by atoms with E-state index in [1.807, 2.05) is 0 Å². The third-order valence-corrected chi connectivity index (χ3v) is 4.49. The van der Waals surface area contributed by atoms with Crippen LogP contribution < -0.4 is 5.32 Å². The second kappa shape index (κ2) is 7.45. The van der Waals surface area contributed by atoms with E-state index in [0.29, 0.717) is 10.5 Å². The molecule has 1 heterocycles. The van der Waals surface area contributed by atoms with Crippen molar-refractivity contribution in [3.8, 4) is 5.75 Å². The van der Waals surface area contributed by atoms with E-state index in [9.17, 15) is 19.5 Å². The van der Waals surface area contributed by atoms with Crippen LogP contribution in [0.2, 0.25) is 0 Å². The number of hydrogen-bond donors (Lipinski definition) is 3. The Balaban J connectivity index is 2.07. The lowest BCUT2D eigenvalue weighted by Crippen LogP contribution is -2.45. The number of aromatic hydroxyl groups is 1. The molecule has 1 aliphatic heterocycles. The number of carboxylic acid groups (broad SMARTS) is 1. The number of amides is 2. The molecule has 1 aliphatic rings. The minimum Gasteiger partial charge on any atom is -0.508 e. The second-order valence-electron chi connectivity index (χ2n) is 4.99. The van der Waals surface area contributed by atoms with Crippen molar-refractivity contribution in [2.75, 3.05) is 6.54 Å². The van der Waals surface area contributed by atoms with Crippen LogP contribution in [-0.2, 0) is 14.4 Å². The number of carboxylic acids is 1. The molecule has 0 spiro atoms. The number of hydrogen-bond acceptors (Lipinski definition) is 6. The first-order valence-corrected chi connectivity index (χ1v) is 8.07. The van der Waals surface area contributed by atoms with Crippen molar-refractivity contribution >= 4 is 52.2 Å². The SMILES string of the molecule is CC(NC(=O)CN1C(=O)/C(=C/c2ccc(O)cc2)SC1=S)C(=O)O. The van der Waals surface area contributed by atoms with Gasteiger partial charge in [-0.2, -0.15) is 0 Å². The lowest BCUT2D eigenvalue weighted by Gasteiger charge is -2.15. The Morgan fingerprint density at radius 1 is 1.38 bits per heavy atom. The summed E-state index contributed by atoms with van der Waals surface area (Å²) < 4.78 is 0.225. The zero-order valence-electron chi connectivity index (χ0n) is 12.6. The Morgan fingerprint density at radius 3 is 2.58 bits per heavy atom. The summed E-state index contributed by atoms with van der Waals surface area (Å²) in [6, 6.07) is 5.22. The summed E-state index contributed by atoms with van der Waals surface area (Å²) >= 11 is 6.16. The highest BCUT2D eigenvalue weighted by Crippen LogP contribution is 2.32. The zero-order chi connectivity index (χ0) is 17.9. The number of thioether (sulfide) groups is 1. The number of phenolic OH excluding ortho intramolecular Hbond substituents is 1. The maximum absolute atomic E-state index is 12.3. The van der Waals surface area contributed by atoms with Gasteiger partial charge in [-0.05, 0) is 30.7 Å². The summed E-state index contributed by atoms with van der Waals surface area (Å²) in [5, 5.41) is 20.3. The minimum atomic E-state index is -1.17. The number of rotatable bonds is 5. The van der Waals surface area contributed by atoms with Gasteiger partial charge < -0.3 is 15.5 Å². The van der Waals surface area contributed by atoms with Crippen molar-refractivity contribution in [3.05, 3.63) is 34.7 Å². The van der Waals surface area contributed by atoms with Gasteiger partial charge in [0.15, 0.2) is 0 Å². The smallest absolute Gasteiger partial charge is 0.325 e. The van der Waals surface area contributed by atoms with Gasteiger partial charge in [-0.1, -0.05) is 36.1 Å². The van der Waals surface area contributed by atoms with Crippen LogP contribution in [-0.4, -0.2) is 49.8 Å². The van der Waals surface area contributed by atoms with E-state index in [1.165, 1.54) is 19.1 Å². The standard InChI is InChI=1S/C15H14N2O5S2/c1-8(14(21)22)16-12(19)7-17-13(20)11(24-15(17)23)6-9-2-4-10(18)5-3-9/h2-6,8,18H,7H2,1H3,(H,16,19)(H,21,22)/b11-6-. The molecule has 1 fully saturated rings. The van der Waals surface area contributed by atoms with Gasteiger partial charge in [0.1, 0.15) is 22.7 Å². The normalized spacial score (nSPS) is 17.2. The summed E-state index contributed by atoms with van der Waals surface area (Å²) in [4.78, 5) is 36.4. The number of carbonyl (C=O) groups excluding carboxylic acids is 2. The molecule has 1 atom stereocenters. The Hall–Kier alpha value is -2.39. The molecular formula is C15H14N2O5S2. The Bertz CT molecular complexity index is 730. The van der Waals surface area contributed by atoms with Crippen molar-refractivity contribution < 1.29 is 24.6 Å². The molecule has 1 aromatic carbocycles. The van der Waals surface area contributed by atoms with Crippen LogP contribution in [0, 0.1) is 0 Å². The molecule has 0 bridgehead atoms. The molecule has 3 N–H and O–H groups in total. The van der Waals surface area contributed by atoms with Crippen molar-refractivity contribution in [1.29, 1.82) is 0 Å². The van der Waals surface area contributed by atoms with Crippen LogP contribution in [0.1, 0.15) is 12.5 Å². The lowest BCUT2D eigenvalue weighted by molar-refractivity contribution is -0.141. The minimum absolute atomic E-state index is 0.115. The molecule has 1 unspecified atom stereocenters. The Labute approximate surface area is 147 Å². The van der Waals surface area contributed by atoms with Crippen LogP contribution in [0.3, 0.4) is 0 Å². The average molecular weight is 366 g/mol.